The highest BCUT2D eigenvalue weighted by molar-refractivity contribution is 9.10. The van der Waals surface area contributed by atoms with Crippen molar-refractivity contribution in [3.05, 3.63) is 21.7 Å². The standard InChI is InChI=1S/C30H47BrN2O4/c1-5-6-7-8-9-10-11-12-13-14-33-19-22-16-25(35-3)28(31)29-27(22)30(18-24(33)20-34)21(2)15-23(32-36-4)17-26(30)37-29/h16,21,24,26,34H,5-15,17-20H2,1-4H3/b32-23+/t21-,24+,26-,30+/m1/s1. The van der Waals surface area contributed by atoms with Crippen LogP contribution in [0.3, 0.4) is 0 Å². The van der Waals surface area contributed by atoms with E-state index < -0.39 is 0 Å². The Morgan fingerprint density at radius 1 is 1.11 bits per heavy atom. The predicted molar refractivity (Wildman–Crippen MR) is 153 cm³/mol. The molecule has 208 valence electrons. The fraction of sp³-hybridized carbons (Fsp3) is 0.767. The molecule has 7 heteroatoms. The Bertz CT molecular complexity index is 939. The van der Waals surface area contributed by atoms with Crippen LogP contribution in [0.2, 0.25) is 0 Å². The van der Waals surface area contributed by atoms with Gasteiger partial charge >= 0.3 is 0 Å². The van der Waals surface area contributed by atoms with Crippen molar-refractivity contribution in [2.24, 2.45) is 11.1 Å². The number of hydrogen-bond donors (Lipinski definition) is 1. The molecule has 0 saturated heterocycles. The van der Waals surface area contributed by atoms with Gasteiger partial charge in [-0.2, -0.15) is 0 Å². The van der Waals surface area contributed by atoms with Crippen LogP contribution in [0.1, 0.15) is 102 Å². The molecular weight excluding hydrogens is 532 g/mol. The van der Waals surface area contributed by atoms with Crippen LogP contribution < -0.4 is 9.47 Å². The van der Waals surface area contributed by atoms with Crippen LogP contribution in [-0.2, 0) is 16.8 Å². The number of rotatable bonds is 13. The number of methoxy groups -OCH3 is 1. The average Bonchev–Trinajstić information content (AvgIpc) is 3.15. The third-order valence-corrected chi connectivity index (χ3v) is 9.83. The Morgan fingerprint density at radius 2 is 1.81 bits per heavy atom. The van der Waals surface area contributed by atoms with E-state index in [4.69, 9.17) is 14.3 Å². The van der Waals surface area contributed by atoms with Gasteiger partial charge in [0, 0.05) is 30.0 Å². The number of benzene rings is 1. The molecular formula is C30H47BrN2O4. The smallest absolute Gasteiger partial charge is 0.141 e. The zero-order chi connectivity index (χ0) is 26.4. The minimum atomic E-state index is -0.160. The van der Waals surface area contributed by atoms with Gasteiger partial charge in [-0.15, -0.1) is 0 Å². The molecule has 4 atom stereocenters. The molecule has 2 heterocycles. The van der Waals surface area contributed by atoms with Crippen molar-refractivity contribution in [1.82, 2.24) is 4.90 Å². The van der Waals surface area contributed by atoms with E-state index in [0.29, 0.717) is 5.92 Å². The highest BCUT2D eigenvalue weighted by Crippen LogP contribution is 2.60. The quantitative estimate of drug-likeness (QED) is 0.202. The van der Waals surface area contributed by atoms with Gasteiger partial charge in [-0.05, 0) is 59.3 Å². The summed E-state index contributed by atoms with van der Waals surface area (Å²) in [4.78, 5) is 7.68. The van der Waals surface area contributed by atoms with Crippen molar-refractivity contribution in [2.75, 3.05) is 27.4 Å². The molecule has 4 rings (SSSR count). The van der Waals surface area contributed by atoms with Crippen LogP contribution in [0.4, 0.5) is 0 Å². The number of ether oxygens (including phenoxy) is 2. The summed E-state index contributed by atoms with van der Waals surface area (Å²) < 4.78 is 13.4. The predicted octanol–water partition coefficient (Wildman–Crippen LogP) is 6.99. The maximum atomic E-state index is 10.6. The number of aliphatic hydroxyl groups is 1. The van der Waals surface area contributed by atoms with Gasteiger partial charge < -0.3 is 19.4 Å². The third kappa shape index (κ3) is 5.84. The van der Waals surface area contributed by atoms with Crippen molar-refractivity contribution in [3.8, 4) is 11.5 Å². The number of nitrogens with zero attached hydrogens (tertiary/aromatic N) is 2. The first-order chi connectivity index (χ1) is 18.0. The van der Waals surface area contributed by atoms with Crippen LogP contribution in [0, 0.1) is 5.92 Å². The molecule has 1 spiro atoms. The van der Waals surface area contributed by atoms with Crippen LogP contribution in [0.15, 0.2) is 15.7 Å². The minimum absolute atomic E-state index is 0.0241. The van der Waals surface area contributed by atoms with E-state index in [-0.39, 0.29) is 24.2 Å². The molecule has 1 saturated carbocycles. The third-order valence-electron chi connectivity index (χ3n) is 9.07. The average molecular weight is 580 g/mol. The molecule has 1 aromatic carbocycles. The molecule has 37 heavy (non-hydrogen) atoms. The Kier molecular flexibility index (Phi) is 10.2. The second-order valence-electron chi connectivity index (χ2n) is 11.4. The normalized spacial score (nSPS) is 27.9. The van der Waals surface area contributed by atoms with Gasteiger partial charge in [-0.25, -0.2) is 0 Å². The number of hydrogen-bond acceptors (Lipinski definition) is 6. The summed E-state index contributed by atoms with van der Waals surface area (Å²) in [6.45, 7) is 6.59. The van der Waals surface area contributed by atoms with E-state index in [2.05, 4.69) is 45.9 Å². The summed E-state index contributed by atoms with van der Waals surface area (Å²) in [5, 5.41) is 15.0. The summed E-state index contributed by atoms with van der Waals surface area (Å²) in [5.41, 5.74) is 3.50. The van der Waals surface area contributed by atoms with Crippen molar-refractivity contribution < 1.29 is 19.4 Å². The fourth-order valence-corrected chi connectivity index (χ4v) is 7.72. The lowest BCUT2D eigenvalue weighted by atomic mass is 9.59. The van der Waals surface area contributed by atoms with Crippen molar-refractivity contribution in [3.63, 3.8) is 0 Å². The second kappa shape index (κ2) is 13.2. The lowest BCUT2D eigenvalue weighted by molar-refractivity contribution is 0.0400. The lowest BCUT2D eigenvalue weighted by Crippen LogP contribution is -2.52. The zero-order valence-electron chi connectivity index (χ0n) is 23.4. The van der Waals surface area contributed by atoms with E-state index in [1.165, 1.54) is 68.9 Å². The topological polar surface area (TPSA) is 63.5 Å². The molecule has 0 radical (unpaired) electrons. The maximum absolute atomic E-state index is 10.6. The van der Waals surface area contributed by atoms with Crippen LogP contribution in [0.5, 0.6) is 11.5 Å². The molecule has 1 fully saturated rings. The molecule has 0 aromatic heterocycles. The molecule has 0 bridgehead atoms. The van der Waals surface area contributed by atoms with E-state index >= 15 is 0 Å². The number of unbranched alkanes of at least 4 members (excludes halogenated alkanes) is 8. The first-order valence-corrected chi connectivity index (χ1v) is 15.3. The Hall–Kier alpha value is -1.31. The zero-order valence-corrected chi connectivity index (χ0v) is 24.9. The van der Waals surface area contributed by atoms with Crippen LogP contribution in [0.25, 0.3) is 0 Å². The molecule has 1 aromatic rings. The Morgan fingerprint density at radius 3 is 2.46 bits per heavy atom. The monoisotopic (exact) mass is 578 g/mol. The lowest BCUT2D eigenvalue weighted by Gasteiger charge is -2.45. The highest BCUT2D eigenvalue weighted by atomic mass is 79.9. The summed E-state index contributed by atoms with van der Waals surface area (Å²) in [5.74, 6) is 2.06. The first kappa shape index (κ1) is 28.7. The SMILES string of the molecule is CCCCCCCCCCCN1Cc2cc(OC)c(Br)c3c2[C@@]2(C[C@H]1CO)[C@H](C)C/C(=N\OC)C[C@H]2O3. The number of aliphatic hydroxyl groups excluding tert-OH is 1. The Labute approximate surface area is 232 Å². The molecule has 2 aliphatic heterocycles. The molecule has 0 unspecified atom stereocenters. The summed E-state index contributed by atoms with van der Waals surface area (Å²) >= 11 is 3.79. The van der Waals surface area contributed by atoms with Gasteiger partial charge in [0.25, 0.3) is 0 Å². The fourth-order valence-electron chi connectivity index (χ4n) is 7.16. The molecule has 6 nitrogen and oxygen atoms in total. The van der Waals surface area contributed by atoms with Crippen molar-refractivity contribution in [2.45, 2.75) is 115 Å². The van der Waals surface area contributed by atoms with Crippen LogP contribution in [-0.4, -0.2) is 55.2 Å². The van der Waals surface area contributed by atoms with Gasteiger partial charge in [-0.3, -0.25) is 4.90 Å². The highest BCUT2D eigenvalue weighted by Gasteiger charge is 2.59. The summed E-state index contributed by atoms with van der Waals surface area (Å²) in [6, 6.07) is 2.30. The summed E-state index contributed by atoms with van der Waals surface area (Å²) in [6.07, 6.45) is 14.4. The van der Waals surface area contributed by atoms with Gasteiger partial charge in [0.05, 0.1) is 19.4 Å². The van der Waals surface area contributed by atoms with Crippen molar-refractivity contribution in [1.29, 1.82) is 0 Å². The largest absolute Gasteiger partial charge is 0.495 e. The second-order valence-corrected chi connectivity index (χ2v) is 12.2. The van der Waals surface area contributed by atoms with Gasteiger partial charge in [-0.1, -0.05) is 70.4 Å². The Balaban J connectivity index is 1.54. The number of halogens is 1. The molecule has 1 aliphatic carbocycles. The molecule has 0 amide bonds. The maximum Gasteiger partial charge on any atom is 0.141 e. The first-order valence-electron chi connectivity index (χ1n) is 14.5. The van der Waals surface area contributed by atoms with E-state index in [9.17, 15) is 5.11 Å². The molecule has 3 aliphatic rings. The van der Waals surface area contributed by atoms with E-state index in [1.54, 1.807) is 14.2 Å². The minimum Gasteiger partial charge on any atom is -0.495 e. The van der Waals surface area contributed by atoms with Gasteiger partial charge in [0.1, 0.15) is 29.2 Å². The van der Waals surface area contributed by atoms with Gasteiger partial charge in [0.15, 0.2) is 0 Å². The van der Waals surface area contributed by atoms with Crippen LogP contribution >= 0.6 is 15.9 Å². The van der Waals surface area contributed by atoms with Crippen molar-refractivity contribution >= 4 is 21.6 Å². The molecule has 1 N–H and O–H groups in total. The van der Waals surface area contributed by atoms with E-state index in [1.807, 2.05) is 0 Å². The summed E-state index contributed by atoms with van der Waals surface area (Å²) in [7, 11) is 3.33. The number of oxime groups is 1. The van der Waals surface area contributed by atoms with Gasteiger partial charge in [0.2, 0.25) is 0 Å². The van der Waals surface area contributed by atoms with E-state index in [0.717, 1.165) is 54.0 Å².